The van der Waals surface area contributed by atoms with Crippen LogP contribution in [0.1, 0.15) is 74.8 Å². The maximum atomic E-state index is 12.4. The van der Waals surface area contributed by atoms with Crippen molar-refractivity contribution in [3.63, 3.8) is 0 Å². The zero-order chi connectivity index (χ0) is 28.9. The van der Waals surface area contributed by atoms with E-state index in [0.717, 1.165) is 0 Å². The van der Waals surface area contributed by atoms with Crippen LogP contribution in [0.5, 0.6) is 23.0 Å². The van der Waals surface area contributed by atoms with E-state index in [9.17, 15) is 39.6 Å². The van der Waals surface area contributed by atoms with Crippen LogP contribution in [0, 0.1) is 0 Å². The van der Waals surface area contributed by atoms with Crippen LogP contribution in [0.2, 0.25) is 0 Å². The number of carbonyl (C=O) groups is 4. The molecule has 10 nitrogen and oxygen atoms in total. The second-order valence-electron chi connectivity index (χ2n) is 9.11. The molecule has 0 heterocycles. The Hall–Kier alpha value is -5.32. The Balaban J connectivity index is 0.000000161. The van der Waals surface area contributed by atoms with E-state index in [1.807, 2.05) is 0 Å². The molecule has 0 aliphatic heterocycles. The van der Waals surface area contributed by atoms with Gasteiger partial charge in [-0.15, -0.1) is 0 Å². The van der Waals surface area contributed by atoms with Crippen LogP contribution in [0.15, 0.2) is 60.7 Å². The van der Waals surface area contributed by atoms with Crippen molar-refractivity contribution in [2.75, 3.05) is 0 Å². The van der Waals surface area contributed by atoms with E-state index in [1.165, 1.54) is 60.7 Å². The fourth-order valence-corrected chi connectivity index (χ4v) is 4.86. The first-order chi connectivity index (χ1) is 19.1. The first kappa shape index (κ1) is 26.3. The van der Waals surface area contributed by atoms with Crippen LogP contribution in [0.25, 0.3) is 0 Å². The van der Waals surface area contributed by atoms with Crippen molar-refractivity contribution >= 4 is 23.1 Å². The summed E-state index contributed by atoms with van der Waals surface area (Å²) in [5.74, 6) is -3.47. The number of phenolic OH excluding ortho intramolecular Hbond substituents is 4. The van der Waals surface area contributed by atoms with Crippen molar-refractivity contribution in [1.82, 2.24) is 0 Å². The van der Waals surface area contributed by atoms with Gasteiger partial charge < -0.3 is 30.6 Å². The molecule has 2 aliphatic carbocycles. The number of aromatic hydroxyl groups is 4. The molecule has 40 heavy (non-hydrogen) atoms. The van der Waals surface area contributed by atoms with Gasteiger partial charge in [-0.05, 0) is 47.5 Å². The van der Waals surface area contributed by atoms with Gasteiger partial charge in [-0.25, -0.2) is 0 Å². The summed E-state index contributed by atoms with van der Waals surface area (Å²) in [6.07, 6.45) is 0. The normalized spacial score (nSPS) is 13.1. The van der Waals surface area contributed by atoms with Crippen molar-refractivity contribution in [1.29, 1.82) is 0 Å². The average molecular weight is 540 g/mol. The van der Waals surface area contributed by atoms with E-state index in [2.05, 4.69) is 0 Å². The molecule has 0 unspecified atom stereocenters. The number of ketones is 4. The van der Waals surface area contributed by atoms with E-state index in [4.69, 9.17) is 10.2 Å². The Kier molecular flexibility index (Phi) is 6.42. The summed E-state index contributed by atoms with van der Waals surface area (Å²) >= 11 is 0. The van der Waals surface area contributed by atoms with Crippen LogP contribution < -0.4 is 0 Å². The van der Waals surface area contributed by atoms with E-state index < -0.39 is 23.1 Å². The molecular formula is C30H20O10. The molecule has 6 rings (SSSR count). The molecular weight excluding hydrogens is 520 g/mol. The van der Waals surface area contributed by atoms with Crippen molar-refractivity contribution in [2.45, 2.75) is 13.2 Å². The van der Waals surface area contributed by atoms with Gasteiger partial charge in [-0.1, -0.05) is 24.3 Å². The summed E-state index contributed by atoms with van der Waals surface area (Å²) in [7, 11) is 0. The number of benzene rings is 4. The standard InChI is InChI=1S/2C15H10O5/c2*16-6-7-4-9-13(11(18)5-7)15(20)12-8(14(9)19)2-1-3-10(12)17/h2*1-5,16-18H,6H2. The fourth-order valence-electron chi connectivity index (χ4n) is 4.86. The monoisotopic (exact) mass is 540 g/mol. The molecule has 0 bridgehead atoms. The van der Waals surface area contributed by atoms with Crippen LogP contribution in [-0.2, 0) is 13.2 Å². The molecule has 0 fully saturated rings. The van der Waals surface area contributed by atoms with Crippen LogP contribution >= 0.6 is 0 Å². The lowest BCUT2D eigenvalue weighted by atomic mass is 9.82. The molecule has 4 aromatic rings. The zero-order valence-electron chi connectivity index (χ0n) is 20.5. The third kappa shape index (κ3) is 3.99. The lowest BCUT2D eigenvalue weighted by Gasteiger charge is -2.19. The summed E-state index contributed by atoms with van der Waals surface area (Å²) in [4.78, 5) is 49.5. The Bertz CT molecular complexity index is 1650. The van der Waals surface area contributed by atoms with E-state index in [-0.39, 0.29) is 80.7 Å². The zero-order valence-corrected chi connectivity index (χ0v) is 20.5. The van der Waals surface area contributed by atoms with Crippen molar-refractivity contribution in [3.05, 3.63) is 116 Å². The largest absolute Gasteiger partial charge is 0.507 e. The van der Waals surface area contributed by atoms with Crippen molar-refractivity contribution < 1.29 is 49.8 Å². The van der Waals surface area contributed by atoms with E-state index in [1.54, 1.807) is 0 Å². The summed E-state index contributed by atoms with van der Waals surface area (Å²) < 4.78 is 0. The summed E-state index contributed by atoms with van der Waals surface area (Å²) in [5.41, 5.74) is 0.469. The number of carbonyl (C=O) groups excluding carboxylic acids is 4. The molecule has 6 N–H and O–H groups in total. The predicted octanol–water partition coefficient (Wildman–Crippen LogP) is 2.73. The predicted molar refractivity (Wildman–Crippen MR) is 138 cm³/mol. The van der Waals surface area contributed by atoms with Gasteiger partial charge in [0.2, 0.25) is 11.6 Å². The molecule has 0 saturated carbocycles. The van der Waals surface area contributed by atoms with Gasteiger partial charge in [0.05, 0.1) is 35.5 Å². The van der Waals surface area contributed by atoms with Crippen LogP contribution in [0.3, 0.4) is 0 Å². The lowest BCUT2D eigenvalue weighted by Crippen LogP contribution is -2.21. The number of hydrogen-bond donors (Lipinski definition) is 6. The number of hydrogen-bond acceptors (Lipinski definition) is 10. The quantitative estimate of drug-likeness (QED) is 0.190. The van der Waals surface area contributed by atoms with Crippen molar-refractivity contribution in [2.24, 2.45) is 0 Å². The van der Waals surface area contributed by atoms with Crippen LogP contribution in [-0.4, -0.2) is 53.8 Å². The fraction of sp³-hybridized carbons (Fsp3) is 0.0667. The summed E-state index contributed by atoms with van der Waals surface area (Å²) in [6, 6.07) is 13.7. The molecule has 4 aromatic carbocycles. The van der Waals surface area contributed by atoms with Gasteiger partial charge in [0.1, 0.15) is 23.0 Å². The topological polar surface area (TPSA) is 190 Å². The average Bonchev–Trinajstić information content (AvgIpc) is 2.93. The summed E-state index contributed by atoms with van der Waals surface area (Å²) in [5, 5.41) is 57.6. The molecule has 200 valence electrons. The van der Waals surface area contributed by atoms with Crippen molar-refractivity contribution in [3.8, 4) is 23.0 Å². The minimum atomic E-state index is -0.602. The number of rotatable bonds is 2. The second-order valence-corrected chi connectivity index (χ2v) is 9.11. The Morgan fingerprint density at radius 2 is 0.775 bits per heavy atom. The molecule has 10 heteroatoms. The second kappa shape index (κ2) is 9.77. The molecule has 2 aliphatic rings. The highest BCUT2D eigenvalue weighted by molar-refractivity contribution is 6.31. The smallest absolute Gasteiger partial charge is 0.201 e. The molecule has 0 radical (unpaired) electrons. The highest BCUT2D eigenvalue weighted by atomic mass is 16.3. The van der Waals surface area contributed by atoms with Gasteiger partial charge in [-0.2, -0.15) is 0 Å². The first-order valence-corrected chi connectivity index (χ1v) is 11.8. The molecule has 0 aromatic heterocycles. The Morgan fingerprint density at radius 1 is 0.425 bits per heavy atom. The molecule has 0 atom stereocenters. The number of phenols is 4. The third-order valence-corrected chi connectivity index (χ3v) is 6.69. The Labute approximate surface area is 225 Å². The number of fused-ring (bicyclic) bond motifs is 4. The van der Waals surface area contributed by atoms with Crippen LogP contribution in [0.4, 0.5) is 0 Å². The number of aliphatic hydroxyl groups excluding tert-OH is 2. The maximum Gasteiger partial charge on any atom is 0.201 e. The van der Waals surface area contributed by atoms with Gasteiger partial charge in [0.25, 0.3) is 0 Å². The van der Waals surface area contributed by atoms with E-state index >= 15 is 0 Å². The lowest BCUT2D eigenvalue weighted by molar-refractivity contribution is 0.0974. The SMILES string of the molecule is O=C1c2cccc(O)c2C(=O)c2c(O)cc(CO)cc21.O=C1c2cccc(O)c2C(=O)c2c(O)cc(CO)cc21. The number of aliphatic hydroxyl groups is 2. The van der Waals surface area contributed by atoms with Gasteiger partial charge in [0, 0.05) is 22.3 Å². The summed E-state index contributed by atoms with van der Waals surface area (Å²) in [6.45, 7) is -0.704. The van der Waals surface area contributed by atoms with E-state index in [0.29, 0.717) is 11.1 Å². The molecule has 0 spiro atoms. The maximum absolute atomic E-state index is 12.4. The molecule has 0 amide bonds. The minimum Gasteiger partial charge on any atom is -0.507 e. The first-order valence-electron chi connectivity index (χ1n) is 11.8. The van der Waals surface area contributed by atoms with Gasteiger partial charge >= 0.3 is 0 Å². The highest BCUT2D eigenvalue weighted by Gasteiger charge is 2.35. The molecule has 0 saturated heterocycles. The van der Waals surface area contributed by atoms with Gasteiger partial charge in [-0.3, -0.25) is 19.2 Å². The highest BCUT2D eigenvalue weighted by Crippen LogP contribution is 2.38. The Morgan fingerprint density at radius 3 is 1.12 bits per heavy atom. The van der Waals surface area contributed by atoms with Gasteiger partial charge in [0.15, 0.2) is 11.6 Å². The third-order valence-electron chi connectivity index (χ3n) is 6.69. The minimum absolute atomic E-state index is 0.0390.